The molecule has 20 heavy (non-hydrogen) atoms. The highest BCUT2D eigenvalue weighted by atomic mass is 32.1. The molecule has 0 aliphatic carbocycles. The highest BCUT2D eigenvalue weighted by molar-refractivity contribution is 7.20. The van der Waals surface area contributed by atoms with Crippen molar-refractivity contribution >= 4 is 21.4 Å². The van der Waals surface area contributed by atoms with Crippen molar-refractivity contribution in [3.05, 3.63) is 22.1 Å². The largest absolute Gasteiger partial charge is 0.391 e. The number of hydrogen-bond acceptors (Lipinski definition) is 7. The number of methoxy groups -OCH3 is 1. The zero-order chi connectivity index (χ0) is 14.5. The van der Waals surface area contributed by atoms with Crippen LogP contribution in [0, 0.1) is 0 Å². The van der Waals surface area contributed by atoms with E-state index in [9.17, 15) is 9.90 Å². The first-order valence-corrected chi connectivity index (χ1v) is 7.26. The Balaban J connectivity index is 2.05. The Labute approximate surface area is 120 Å². The van der Waals surface area contributed by atoms with Gasteiger partial charge in [-0.25, -0.2) is 4.98 Å². The van der Waals surface area contributed by atoms with Crippen LogP contribution in [0.1, 0.15) is 19.0 Å². The van der Waals surface area contributed by atoms with E-state index in [1.807, 2.05) is 6.92 Å². The molecule has 2 N–H and O–H groups in total. The second kappa shape index (κ2) is 6.78. The van der Waals surface area contributed by atoms with Crippen LogP contribution in [0.25, 0.3) is 4.96 Å². The highest BCUT2D eigenvalue weighted by Gasteiger charge is 2.09. The van der Waals surface area contributed by atoms with Gasteiger partial charge >= 0.3 is 0 Å². The standard InChI is InChI=1S/C12H18N4O3S/c1-3-8-6-10(18)16-12(14-8)20-11(15-16)13-5-4-9(17)7-19-2/h6,9,17H,3-5,7H2,1-2H3,(H,13,15). The van der Waals surface area contributed by atoms with Crippen molar-refractivity contribution in [1.82, 2.24) is 14.6 Å². The summed E-state index contributed by atoms with van der Waals surface area (Å²) in [6, 6.07) is 1.50. The molecule has 2 aromatic rings. The Morgan fingerprint density at radius 1 is 1.60 bits per heavy atom. The number of fused-ring (bicyclic) bond motifs is 1. The summed E-state index contributed by atoms with van der Waals surface area (Å²) in [5.41, 5.74) is 0.594. The lowest BCUT2D eigenvalue weighted by Crippen LogP contribution is -2.18. The number of nitrogens with zero attached hydrogens (tertiary/aromatic N) is 3. The number of rotatable bonds is 7. The fraction of sp³-hybridized carbons (Fsp3) is 0.583. The first-order chi connectivity index (χ1) is 9.63. The van der Waals surface area contributed by atoms with E-state index >= 15 is 0 Å². The van der Waals surface area contributed by atoms with Crippen molar-refractivity contribution in [3.8, 4) is 0 Å². The van der Waals surface area contributed by atoms with Crippen molar-refractivity contribution < 1.29 is 9.84 Å². The Bertz CT molecular complexity index is 625. The summed E-state index contributed by atoms with van der Waals surface area (Å²) in [7, 11) is 1.55. The van der Waals surface area contributed by atoms with Gasteiger partial charge in [-0.3, -0.25) is 4.79 Å². The summed E-state index contributed by atoms with van der Waals surface area (Å²) in [5, 5.41) is 17.4. The second-order valence-electron chi connectivity index (χ2n) is 4.37. The summed E-state index contributed by atoms with van der Waals surface area (Å²) in [4.78, 5) is 16.8. The van der Waals surface area contributed by atoms with Crippen LogP contribution in [0.5, 0.6) is 0 Å². The molecule has 0 bridgehead atoms. The second-order valence-corrected chi connectivity index (χ2v) is 5.32. The Morgan fingerprint density at radius 3 is 3.10 bits per heavy atom. The third-order valence-electron chi connectivity index (χ3n) is 2.77. The summed E-state index contributed by atoms with van der Waals surface area (Å²) in [6.07, 6.45) is 0.761. The molecule has 0 saturated carbocycles. The van der Waals surface area contributed by atoms with E-state index in [0.29, 0.717) is 29.7 Å². The minimum Gasteiger partial charge on any atom is -0.391 e. The number of aromatic nitrogens is 3. The van der Waals surface area contributed by atoms with Gasteiger partial charge in [0.2, 0.25) is 10.1 Å². The molecule has 0 aromatic carbocycles. The van der Waals surface area contributed by atoms with Gasteiger partial charge in [0.05, 0.1) is 12.7 Å². The van der Waals surface area contributed by atoms with Crippen molar-refractivity contribution in [2.24, 2.45) is 0 Å². The van der Waals surface area contributed by atoms with Crippen LogP contribution in [-0.4, -0.2) is 46.1 Å². The van der Waals surface area contributed by atoms with E-state index in [4.69, 9.17) is 4.74 Å². The molecule has 2 aromatic heterocycles. The molecule has 8 heteroatoms. The topological polar surface area (TPSA) is 88.8 Å². The molecular weight excluding hydrogens is 280 g/mol. The third-order valence-corrected chi connectivity index (χ3v) is 3.64. The Hall–Kier alpha value is -1.51. The van der Waals surface area contributed by atoms with Gasteiger partial charge in [0.15, 0.2) is 0 Å². The van der Waals surface area contributed by atoms with E-state index in [2.05, 4.69) is 15.4 Å². The SMILES string of the molecule is CCc1cc(=O)n2nc(NCCC(O)COC)sc2n1. The molecule has 0 aliphatic rings. The lowest BCUT2D eigenvalue weighted by molar-refractivity contribution is 0.0615. The molecule has 0 fully saturated rings. The first-order valence-electron chi connectivity index (χ1n) is 6.44. The average Bonchev–Trinajstić information content (AvgIpc) is 2.82. The van der Waals surface area contributed by atoms with Gasteiger partial charge in [0, 0.05) is 25.4 Å². The van der Waals surface area contributed by atoms with E-state index in [1.165, 1.54) is 21.9 Å². The predicted molar refractivity (Wildman–Crippen MR) is 77.5 cm³/mol. The lowest BCUT2D eigenvalue weighted by atomic mass is 10.3. The maximum atomic E-state index is 11.8. The quantitative estimate of drug-likeness (QED) is 0.775. The van der Waals surface area contributed by atoms with Crippen LogP contribution in [0.2, 0.25) is 0 Å². The Morgan fingerprint density at radius 2 is 2.40 bits per heavy atom. The number of aliphatic hydroxyl groups is 1. The molecule has 0 saturated heterocycles. The van der Waals surface area contributed by atoms with Gasteiger partial charge in [-0.05, 0) is 12.8 Å². The summed E-state index contributed by atoms with van der Waals surface area (Å²) < 4.78 is 6.14. The molecule has 2 rings (SSSR count). The zero-order valence-electron chi connectivity index (χ0n) is 11.5. The highest BCUT2D eigenvalue weighted by Crippen LogP contribution is 2.16. The number of hydrogen-bond donors (Lipinski definition) is 2. The van der Waals surface area contributed by atoms with Crippen LogP contribution < -0.4 is 10.9 Å². The van der Waals surface area contributed by atoms with Gasteiger partial charge < -0.3 is 15.2 Å². The number of anilines is 1. The fourth-order valence-corrected chi connectivity index (χ4v) is 2.58. The maximum Gasteiger partial charge on any atom is 0.275 e. The van der Waals surface area contributed by atoms with Crippen LogP contribution in [0.4, 0.5) is 5.13 Å². The Kier molecular flexibility index (Phi) is 5.05. The molecule has 0 aliphatic heterocycles. The molecule has 2 heterocycles. The van der Waals surface area contributed by atoms with Gasteiger partial charge in [-0.15, -0.1) is 5.10 Å². The van der Waals surface area contributed by atoms with Crippen molar-refractivity contribution in [2.45, 2.75) is 25.9 Å². The molecule has 1 atom stereocenters. The normalized spacial score (nSPS) is 12.8. The van der Waals surface area contributed by atoms with Crippen LogP contribution in [-0.2, 0) is 11.2 Å². The number of ether oxygens (including phenoxy) is 1. The monoisotopic (exact) mass is 298 g/mol. The lowest BCUT2D eigenvalue weighted by Gasteiger charge is -2.08. The molecule has 1 unspecified atom stereocenters. The molecule has 110 valence electrons. The van der Waals surface area contributed by atoms with Gasteiger partial charge in [0.25, 0.3) is 5.56 Å². The van der Waals surface area contributed by atoms with Crippen molar-refractivity contribution in [2.75, 3.05) is 25.6 Å². The molecule has 0 radical (unpaired) electrons. The third kappa shape index (κ3) is 3.53. The van der Waals surface area contributed by atoms with E-state index in [0.717, 1.165) is 12.1 Å². The smallest absolute Gasteiger partial charge is 0.275 e. The zero-order valence-corrected chi connectivity index (χ0v) is 12.3. The van der Waals surface area contributed by atoms with Gasteiger partial charge in [0.1, 0.15) is 0 Å². The maximum absolute atomic E-state index is 11.8. The summed E-state index contributed by atoms with van der Waals surface area (Å²) in [6.45, 7) is 2.82. The van der Waals surface area contributed by atoms with Crippen LogP contribution in [0.15, 0.2) is 10.9 Å². The summed E-state index contributed by atoms with van der Waals surface area (Å²) >= 11 is 1.32. The number of aryl methyl sites for hydroxylation is 1. The molecule has 0 spiro atoms. The van der Waals surface area contributed by atoms with Gasteiger partial charge in [-0.2, -0.15) is 4.52 Å². The van der Waals surface area contributed by atoms with Gasteiger partial charge in [-0.1, -0.05) is 18.3 Å². The summed E-state index contributed by atoms with van der Waals surface area (Å²) in [5.74, 6) is 0. The van der Waals surface area contributed by atoms with Crippen LogP contribution >= 0.6 is 11.3 Å². The van der Waals surface area contributed by atoms with E-state index in [1.54, 1.807) is 7.11 Å². The van der Waals surface area contributed by atoms with Crippen LogP contribution in [0.3, 0.4) is 0 Å². The molecule has 7 nitrogen and oxygen atoms in total. The van der Waals surface area contributed by atoms with Crippen molar-refractivity contribution in [3.63, 3.8) is 0 Å². The number of nitrogens with one attached hydrogen (secondary N) is 1. The minimum absolute atomic E-state index is 0.171. The first kappa shape index (κ1) is 14.9. The van der Waals surface area contributed by atoms with E-state index < -0.39 is 6.10 Å². The van der Waals surface area contributed by atoms with E-state index in [-0.39, 0.29) is 5.56 Å². The molecular formula is C12H18N4O3S. The molecule has 0 amide bonds. The average molecular weight is 298 g/mol. The van der Waals surface area contributed by atoms with Crippen molar-refractivity contribution in [1.29, 1.82) is 0 Å². The fourth-order valence-electron chi connectivity index (χ4n) is 1.73. The minimum atomic E-state index is -0.505. The number of aliphatic hydroxyl groups excluding tert-OH is 1. The predicted octanol–water partition coefficient (Wildman–Crippen LogP) is 0.523.